The van der Waals surface area contributed by atoms with Gasteiger partial charge < -0.3 is 5.32 Å². The molecule has 1 aromatic carbocycles. The van der Waals surface area contributed by atoms with Gasteiger partial charge in [0.05, 0.1) is 28.4 Å². The van der Waals surface area contributed by atoms with E-state index in [1.54, 1.807) is 17.4 Å². The number of piperazine rings is 1. The lowest BCUT2D eigenvalue weighted by atomic mass is 10.2. The van der Waals surface area contributed by atoms with E-state index in [0.717, 1.165) is 43.2 Å². The molecule has 1 N–H and O–H groups in total. The lowest BCUT2D eigenvalue weighted by Gasteiger charge is -2.37. The Hall–Kier alpha value is -2.31. The molecule has 2 aromatic heterocycles. The smallest absolute Gasteiger partial charge is 0.242 e. The van der Waals surface area contributed by atoms with E-state index in [4.69, 9.17) is 10.2 Å². The van der Waals surface area contributed by atoms with Gasteiger partial charge in [-0.15, -0.1) is 22.7 Å². The van der Waals surface area contributed by atoms with Crippen LogP contribution >= 0.6 is 22.7 Å². The number of aromatic nitrogens is 1. The minimum absolute atomic E-state index is 0.0569. The molecule has 0 aliphatic carbocycles. The molecule has 28 heavy (non-hydrogen) atoms. The Bertz CT molecular complexity index is 980. The summed E-state index contributed by atoms with van der Waals surface area (Å²) in [5.74, 6) is -0.0569. The summed E-state index contributed by atoms with van der Waals surface area (Å²) < 4.78 is 1.23. The van der Waals surface area contributed by atoms with Gasteiger partial charge in [0.2, 0.25) is 5.91 Å². The number of rotatable bonds is 5. The van der Waals surface area contributed by atoms with Gasteiger partial charge in [0, 0.05) is 26.2 Å². The van der Waals surface area contributed by atoms with Crippen molar-refractivity contribution < 1.29 is 4.79 Å². The number of fused-ring (bicyclic) bond motifs is 1. The van der Waals surface area contributed by atoms with E-state index in [-0.39, 0.29) is 11.9 Å². The van der Waals surface area contributed by atoms with Crippen LogP contribution < -0.4 is 5.32 Å². The summed E-state index contributed by atoms with van der Waals surface area (Å²) >= 11 is 3.14. The van der Waals surface area contributed by atoms with Crippen LogP contribution in [0.5, 0.6) is 0 Å². The summed E-state index contributed by atoms with van der Waals surface area (Å²) in [7, 11) is 0. The first-order valence-electron chi connectivity index (χ1n) is 9.23. The number of thiophene rings is 1. The van der Waals surface area contributed by atoms with Crippen LogP contribution in [-0.4, -0.2) is 52.9 Å². The van der Waals surface area contributed by atoms with Crippen molar-refractivity contribution in [1.82, 2.24) is 14.8 Å². The van der Waals surface area contributed by atoms with Crippen molar-refractivity contribution >= 4 is 43.8 Å². The predicted octanol–water partition coefficient (Wildman–Crippen LogP) is 3.37. The third-order valence-electron chi connectivity index (χ3n) is 5.05. The summed E-state index contributed by atoms with van der Waals surface area (Å²) in [5.41, 5.74) is 1.59. The van der Waals surface area contributed by atoms with Gasteiger partial charge in [0.25, 0.3) is 0 Å². The Morgan fingerprint density at radius 2 is 2.07 bits per heavy atom. The molecule has 1 aliphatic heterocycles. The van der Waals surface area contributed by atoms with Gasteiger partial charge in [0.1, 0.15) is 16.1 Å². The average molecular weight is 412 g/mol. The standard InChI is InChI=1S/C20H21N5OS2/c1-14(19(26)23-20-15(12-21)6-11-27-20)25-9-7-24(8-10-25)13-18-22-16-4-2-3-5-17(16)28-18/h2-6,11,14H,7-10,13H2,1H3,(H,23,26). The Morgan fingerprint density at radius 1 is 1.29 bits per heavy atom. The zero-order chi connectivity index (χ0) is 19.5. The molecule has 0 spiro atoms. The molecule has 6 nitrogen and oxygen atoms in total. The molecule has 1 saturated heterocycles. The Balaban J connectivity index is 1.30. The van der Waals surface area contributed by atoms with Gasteiger partial charge in [-0.3, -0.25) is 14.6 Å². The number of nitriles is 1. The molecule has 1 fully saturated rings. The Labute approximate surface area is 172 Å². The SMILES string of the molecule is CC(C(=O)Nc1sccc1C#N)N1CCN(Cc2nc3ccccc3s2)CC1. The number of hydrogen-bond acceptors (Lipinski definition) is 7. The van der Waals surface area contributed by atoms with Crippen molar-refractivity contribution in [3.05, 3.63) is 46.3 Å². The van der Waals surface area contributed by atoms with E-state index in [0.29, 0.717) is 10.6 Å². The fourth-order valence-electron chi connectivity index (χ4n) is 3.36. The maximum absolute atomic E-state index is 12.6. The van der Waals surface area contributed by atoms with E-state index in [9.17, 15) is 4.79 Å². The number of para-hydroxylation sites is 1. The van der Waals surface area contributed by atoms with Crippen molar-refractivity contribution in [2.45, 2.75) is 19.5 Å². The lowest BCUT2D eigenvalue weighted by molar-refractivity contribution is -0.121. The second-order valence-electron chi connectivity index (χ2n) is 6.83. The summed E-state index contributed by atoms with van der Waals surface area (Å²) in [5, 5.41) is 15.6. The van der Waals surface area contributed by atoms with Gasteiger partial charge in [-0.05, 0) is 30.5 Å². The quantitative estimate of drug-likeness (QED) is 0.697. The van der Waals surface area contributed by atoms with Gasteiger partial charge >= 0.3 is 0 Å². The number of amides is 1. The number of nitrogens with one attached hydrogen (secondary N) is 1. The Morgan fingerprint density at radius 3 is 2.82 bits per heavy atom. The first-order valence-corrected chi connectivity index (χ1v) is 10.9. The predicted molar refractivity (Wildman–Crippen MR) is 114 cm³/mol. The summed E-state index contributed by atoms with van der Waals surface area (Å²) in [6.07, 6.45) is 0. The molecule has 3 heterocycles. The van der Waals surface area contributed by atoms with Crippen molar-refractivity contribution in [3.8, 4) is 6.07 Å². The Kier molecular flexibility index (Phi) is 5.69. The number of thiazole rings is 1. The number of nitrogens with zero attached hydrogens (tertiary/aromatic N) is 4. The third-order valence-corrected chi connectivity index (χ3v) is 6.90. The van der Waals surface area contributed by atoms with Gasteiger partial charge in [-0.25, -0.2) is 4.98 Å². The van der Waals surface area contributed by atoms with E-state index in [1.165, 1.54) is 16.0 Å². The fourth-order valence-corrected chi connectivity index (χ4v) is 5.11. The summed E-state index contributed by atoms with van der Waals surface area (Å²) in [6, 6.07) is 11.8. The highest BCUT2D eigenvalue weighted by Gasteiger charge is 2.26. The van der Waals surface area contributed by atoms with Crippen molar-refractivity contribution in [1.29, 1.82) is 5.26 Å². The normalized spacial score (nSPS) is 16.7. The molecule has 1 amide bonds. The summed E-state index contributed by atoms with van der Waals surface area (Å²) in [4.78, 5) is 21.9. The van der Waals surface area contributed by atoms with Crippen molar-refractivity contribution in [2.24, 2.45) is 0 Å². The molecule has 0 bridgehead atoms. The second-order valence-corrected chi connectivity index (χ2v) is 8.86. The second kappa shape index (κ2) is 8.37. The number of anilines is 1. The first kappa shape index (κ1) is 19.0. The molecule has 1 aliphatic rings. The number of hydrogen-bond donors (Lipinski definition) is 1. The van der Waals surface area contributed by atoms with Crippen LogP contribution in [0.15, 0.2) is 35.7 Å². The lowest BCUT2D eigenvalue weighted by Crippen LogP contribution is -2.52. The first-order chi connectivity index (χ1) is 13.6. The monoisotopic (exact) mass is 411 g/mol. The van der Waals surface area contributed by atoms with Crippen LogP contribution in [0, 0.1) is 11.3 Å². The van der Waals surface area contributed by atoms with Crippen LogP contribution in [0.4, 0.5) is 5.00 Å². The summed E-state index contributed by atoms with van der Waals surface area (Å²) in [6.45, 7) is 6.29. The van der Waals surface area contributed by atoms with Crippen LogP contribution in [0.1, 0.15) is 17.5 Å². The topological polar surface area (TPSA) is 72.3 Å². The highest BCUT2D eigenvalue weighted by Crippen LogP contribution is 2.24. The number of carbonyl (C=O) groups excluding carboxylic acids is 1. The highest BCUT2D eigenvalue weighted by molar-refractivity contribution is 7.18. The molecular weight excluding hydrogens is 390 g/mol. The minimum atomic E-state index is -0.224. The molecule has 1 unspecified atom stereocenters. The molecule has 0 saturated carbocycles. The van der Waals surface area contributed by atoms with Crippen LogP contribution in [0.25, 0.3) is 10.2 Å². The molecule has 4 rings (SSSR count). The van der Waals surface area contributed by atoms with Gasteiger partial charge in [-0.1, -0.05) is 12.1 Å². The zero-order valence-corrected chi connectivity index (χ0v) is 17.2. The van der Waals surface area contributed by atoms with E-state index < -0.39 is 0 Å². The number of carbonyl (C=O) groups is 1. The molecule has 0 radical (unpaired) electrons. The van der Waals surface area contributed by atoms with Gasteiger partial charge in [-0.2, -0.15) is 5.26 Å². The van der Waals surface area contributed by atoms with Crippen molar-refractivity contribution in [3.63, 3.8) is 0 Å². The number of benzene rings is 1. The van der Waals surface area contributed by atoms with E-state index in [2.05, 4.69) is 33.3 Å². The molecule has 8 heteroatoms. The largest absolute Gasteiger partial charge is 0.315 e. The van der Waals surface area contributed by atoms with Crippen molar-refractivity contribution in [2.75, 3.05) is 31.5 Å². The molecule has 3 aromatic rings. The van der Waals surface area contributed by atoms with Gasteiger partial charge in [0.15, 0.2) is 0 Å². The van der Waals surface area contributed by atoms with E-state index >= 15 is 0 Å². The zero-order valence-electron chi connectivity index (χ0n) is 15.6. The minimum Gasteiger partial charge on any atom is -0.315 e. The van der Waals surface area contributed by atoms with Crippen LogP contribution in [0.2, 0.25) is 0 Å². The van der Waals surface area contributed by atoms with E-state index in [1.807, 2.05) is 24.4 Å². The maximum atomic E-state index is 12.6. The average Bonchev–Trinajstić information content (AvgIpc) is 3.33. The third kappa shape index (κ3) is 4.08. The fraction of sp³-hybridized carbons (Fsp3) is 0.350. The molecular formula is C20H21N5OS2. The highest BCUT2D eigenvalue weighted by atomic mass is 32.1. The van der Waals surface area contributed by atoms with Crippen LogP contribution in [0.3, 0.4) is 0 Å². The van der Waals surface area contributed by atoms with Crippen LogP contribution in [-0.2, 0) is 11.3 Å². The maximum Gasteiger partial charge on any atom is 0.242 e. The molecule has 1 atom stereocenters. The molecule has 144 valence electrons.